The summed E-state index contributed by atoms with van der Waals surface area (Å²) < 4.78 is 0.357. The van der Waals surface area contributed by atoms with Crippen LogP contribution in [0.3, 0.4) is 0 Å². The first-order valence-corrected chi connectivity index (χ1v) is 8.06. The topological polar surface area (TPSA) is 78.6 Å². The molecule has 0 amide bonds. The molecule has 1 fully saturated rings. The maximum Gasteiger partial charge on any atom is 0.271 e. The van der Waals surface area contributed by atoms with Gasteiger partial charge in [0.15, 0.2) is 0 Å². The van der Waals surface area contributed by atoms with Crippen molar-refractivity contribution in [3.05, 3.63) is 44.9 Å². The molecule has 0 spiro atoms. The lowest BCUT2D eigenvalue weighted by molar-refractivity contribution is -0.385. The van der Waals surface area contributed by atoms with E-state index in [9.17, 15) is 15.2 Å². The highest BCUT2D eigenvalue weighted by Crippen LogP contribution is 2.39. The molecule has 0 bridgehead atoms. The van der Waals surface area contributed by atoms with Crippen molar-refractivity contribution in [2.45, 2.75) is 18.9 Å². The van der Waals surface area contributed by atoms with Gasteiger partial charge in [-0.15, -0.1) is 6.58 Å². The third kappa shape index (κ3) is 3.85. The minimum atomic E-state index is -0.435. The molecule has 120 valence electrons. The van der Waals surface area contributed by atoms with Crippen molar-refractivity contribution in [2.75, 3.05) is 26.2 Å². The number of halogens is 1. The van der Waals surface area contributed by atoms with Crippen molar-refractivity contribution < 1.29 is 10.0 Å². The van der Waals surface area contributed by atoms with Crippen LogP contribution in [0.4, 0.5) is 5.69 Å². The smallest absolute Gasteiger partial charge is 0.271 e. The summed E-state index contributed by atoms with van der Waals surface area (Å²) in [6.07, 6.45) is 3.39. The van der Waals surface area contributed by atoms with Gasteiger partial charge >= 0.3 is 0 Å². The standard InChI is InChI=1S/C15H20BrN3O3/c1-2-3-4-14(18-7-5-17-6-8-18)12-9-11(19(21)22)10-13(16)15(12)20/h2,9-10,14,17,20H,1,3-8H2/t14-/m0/s1. The molecule has 0 unspecified atom stereocenters. The zero-order valence-corrected chi connectivity index (χ0v) is 13.9. The van der Waals surface area contributed by atoms with Crippen molar-refractivity contribution in [3.8, 4) is 5.75 Å². The van der Waals surface area contributed by atoms with Crippen LogP contribution < -0.4 is 5.32 Å². The number of piperazine rings is 1. The monoisotopic (exact) mass is 369 g/mol. The van der Waals surface area contributed by atoms with Gasteiger partial charge in [0.2, 0.25) is 0 Å². The normalized spacial score (nSPS) is 17.1. The predicted octanol–water partition coefficient (Wildman–Crippen LogP) is 2.98. The lowest BCUT2D eigenvalue weighted by Crippen LogP contribution is -2.45. The van der Waals surface area contributed by atoms with Crippen LogP contribution in [0.1, 0.15) is 24.4 Å². The quantitative estimate of drug-likeness (QED) is 0.457. The van der Waals surface area contributed by atoms with Gasteiger partial charge in [-0.05, 0) is 28.8 Å². The number of hydrogen-bond donors (Lipinski definition) is 2. The molecule has 1 aliphatic rings. The zero-order valence-electron chi connectivity index (χ0n) is 12.3. The number of nitro groups is 1. The number of phenolic OH excluding ortho intramolecular Hbond substituents is 1. The second-order valence-electron chi connectivity index (χ2n) is 5.29. The lowest BCUT2D eigenvalue weighted by atomic mass is 9.98. The molecule has 2 N–H and O–H groups in total. The number of nitrogens with zero attached hydrogens (tertiary/aromatic N) is 2. The number of benzene rings is 1. The van der Waals surface area contributed by atoms with E-state index >= 15 is 0 Å². The van der Waals surface area contributed by atoms with Gasteiger partial charge in [0.1, 0.15) is 5.75 Å². The van der Waals surface area contributed by atoms with E-state index in [1.54, 1.807) is 0 Å². The first-order chi connectivity index (χ1) is 10.5. The van der Waals surface area contributed by atoms with Gasteiger partial charge in [-0.2, -0.15) is 0 Å². The average molecular weight is 370 g/mol. The largest absolute Gasteiger partial charge is 0.506 e. The number of allylic oxidation sites excluding steroid dienone is 1. The van der Waals surface area contributed by atoms with Crippen molar-refractivity contribution in [3.63, 3.8) is 0 Å². The Morgan fingerprint density at radius 1 is 1.50 bits per heavy atom. The van der Waals surface area contributed by atoms with E-state index < -0.39 is 4.92 Å². The highest BCUT2D eigenvalue weighted by Gasteiger charge is 2.27. The molecule has 1 aromatic rings. The summed E-state index contributed by atoms with van der Waals surface area (Å²) in [6, 6.07) is 2.76. The van der Waals surface area contributed by atoms with Gasteiger partial charge < -0.3 is 10.4 Å². The van der Waals surface area contributed by atoms with Crippen LogP contribution in [0.25, 0.3) is 0 Å². The fourth-order valence-electron chi connectivity index (χ4n) is 2.77. The molecule has 1 atom stereocenters. The molecule has 0 aromatic heterocycles. The molecule has 1 heterocycles. The van der Waals surface area contributed by atoms with Crippen molar-refractivity contribution >= 4 is 21.6 Å². The Balaban J connectivity index is 2.40. The van der Waals surface area contributed by atoms with Crippen molar-refractivity contribution in [2.24, 2.45) is 0 Å². The van der Waals surface area contributed by atoms with E-state index in [1.807, 2.05) is 6.08 Å². The summed E-state index contributed by atoms with van der Waals surface area (Å²) >= 11 is 3.22. The molecular weight excluding hydrogens is 350 g/mol. The van der Waals surface area contributed by atoms with E-state index in [0.717, 1.165) is 39.0 Å². The molecule has 1 aromatic carbocycles. The van der Waals surface area contributed by atoms with Crippen LogP contribution in [0.2, 0.25) is 0 Å². The Kier molecular flexibility index (Phi) is 5.93. The van der Waals surface area contributed by atoms with E-state index in [2.05, 4.69) is 32.7 Å². The first kappa shape index (κ1) is 16.9. The summed E-state index contributed by atoms with van der Waals surface area (Å²) in [5.74, 6) is 0.0817. The number of non-ortho nitro benzene ring substituents is 1. The van der Waals surface area contributed by atoms with Crippen LogP contribution in [-0.2, 0) is 0 Å². The molecule has 7 heteroatoms. The SMILES string of the molecule is C=CCC[C@@H](c1cc([N+](=O)[O-])cc(Br)c1O)N1CCNCC1. The summed E-state index contributed by atoms with van der Waals surface area (Å²) in [7, 11) is 0. The second kappa shape index (κ2) is 7.71. The molecule has 0 aliphatic carbocycles. The predicted molar refractivity (Wildman–Crippen MR) is 89.1 cm³/mol. The lowest BCUT2D eigenvalue weighted by Gasteiger charge is -2.35. The van der Waals surface area contributed by atoms with Crippen LogP contribution >= 0.6 is 15.9 Å². The molecule has 0 saturated carbocycles. The number of nitrogens with one attached hydrogen (secondary N) is 1. The molecule has 6 nitrogen and oxygen atoms in total. The summed E-state index contributed by atoms with van der Waals surface area (Å²) in [4.78, 5) is 12.9. The van der Waals surface area contributed by atoms with Gasteiger partial charge in [0, 0.05) is 49.9 Å². The minimum absolute atomic E-state index is 0.0154. The number of aromatic hydroxyl groups is 1. The van der Waals surface area contributed by atoms with E-state index in [4.69, 9.17) is 0 Å². The molecular formula is C15H20BrN3O3. The number of phenols is 1. The molecule has 0 radical (unpaired) electrons. The highest BCUT2D eigenvalue weighted by atomic mass is 79.9. The van der Waals surface area contributed by atoms with Crippen LogP contribution in [-0.4, -0.2) is 41.1 Å². The Morgan fingerprint density at radius 3 is 2.77 bits per heavy atom. The van der Waals surface area contributed by atoms with Crippen LogP contribution in [0, 0.1) is 10.1 Å². The average Bonchev–Trinajstić information content (AvgIpc) is 2.52. The second-order valence-corrected chi connectivity index (χ2v) is 6.14. The minimum Gasteiger partial charge on any atom is -0.506 e. The van der Waals surface area contributed by atoms with E-state index in [1.165, 1.54) is 12.1 Å². The Bertz CT molecular complexity index is 559. The van der Waals surface area contributed by atoms with Gasteiger partial charge in [0.25, 0.3) is 5.69 Å². The Hall–Kier alpha value is -1.44. The van der Waals surface area contributed by atoms with Crippen LogP contribution in [0.5, 0.6) is 5.75 Å². The molecule has 1 saturated heterocycles. The Morgan fingerprint density at radius 2 is 2.18 bits per heavy atom. The van der Waals surface area contributed by atoms with Gasteiger partial charge in [0.05, 0.1) is 9.40 Å². The van der Waals surface area contributed by atoms with Gasteiger partial charge in [-0.25, -0.2) is 0 Å². The third-order valence-corrected chi connectivity index (χ3v) is 4.49. The number of hydrogen-bond acceptors (Lipinski definition) is 5. The first-order valence-electron chi connectivity index (χ1n) is 7.27. The number of rotatable bonds is 6. The van der Waals surface area contributed by atoms with Gasteiger partial charge in [-0.3, -0.25) is 15.0 Å². The third-order valence-electron chi connectivity index (χ3n) is 3.88. The fraction of sp³-hybridized carbons (Fsp3) is 0.467. The maximum absolute atomic E-state index is 11.1. The molecule has 22 heavy (non-hydrogen) atoms. The van der Waals surface area contributed by atoms with E-state index in [0.29, 0.717) is 10.0 Å². The summed E-state index contributed by atoms with van der Waals surface area (Å²) in [5, 5.41) is 24.8. The maximum atomic E-state index is 11.1. The van der Waals surface area contributed by atoms with Gasteiger partial charge in [-0.1, -0.05) is 6.08 Å². The Labute approximate surface area is 138 Å². The van der Waals surface area contributed by atoms with Crippen LogP contribution in [0.15, 0.2) is 29.3 Å². The number of nitro benzene ring substituents is 1. The molecule has 2 rings (SSSR count). The highest BCUT2D eigenvalue weighted by molar-refractivity contribution is 9.10. The fourth-order valence-corrected chi connectivity index (χ4v) is 3.23. The summed E-state index contributed by atoms with van der Waals surface area (Å²) in [5.41, 5.74) is 0.586. The van der Waals surface area contributed by atoms with Crippen molar-refractivity contribution in [1.82, 2.24) is 10.2 Å². The van der Waals surface area contributed by atoms with E-state index in [-0.39, 0.29) is 17.5 Å². The molecule has 1 aliphatic heterocycles. The van der Waals surface area contributed by atoms with Crippen molar-refractivity contribution in [1.29, 1.82) is 0 Å². The summed E-state index contributed by atoms with van der Waals surface area (Å²) in [6.45, 7) is 7.20. The zero-order chi connectivity index (χ0) is 16.1.